The normalized spacial score (nSPS) is 14.1. The summed E-state index contributed by atoms with van der Waals surface area (Å²) in [6.45, 7) is 0. The fourth-order valence-electron chi connectivity index (χ4n) is 5.49. The second-order valence-corrected chi connectivity index (χ2v) is 9.58. The van der Waals surface area contributed by atoms with Crippen molar-refractivity contribution in [1.82, 2.24) is 0 Å². The molecule has 0 spiro atoms. The molecular weight excluding hydrogens is 484 g/mol. The third-order valence-corrected chi connectivity index (χ3v) is 7.36. The number of fused-ring (bicyclic) bond motifs is 5. The maximum Gasteiger partial charge on any atom is 0.171 e. The summed E-state index contributed by atoms with van der Waals surface area (Å²) in [5, 5.41) is 0. The SMILES string of the molecule is Brc1ccc2c(c1)Oc1cc3c(cc1O2)-c1ccccc1C3(c1ccccc1)c1ccccc1. The van der Waals surface area contributed by atoms with Gasteiger partial charge in [-0.2, -0.15) is 0 Å². The Morgan fingerprint density at radius 2 is 1.06 bits per heavy atom. The van der Waals surface area contributed by atoms with Crippen molar-refractivity contribution in [1.29, 1.82) is 0 Å². The van der Waals surface area contributed by atoms with Crippen LogP contribution in [0.2, 0.25) is 0 Å². The van der Waals surface area contributed by atoms with Gasteiger partial charge < -0.3 is 9.47 Å². The highest BCUT2D eigenvalue weighted by atomic mass is 79.9. The molecule has 0 unspecified atom stereocenters. The third kappa shape index (κ3) is 2.68. The van der Waals surface area contributed by atoms with Gasteiger partial charge in [-0.25, -0.2) is 0 Å². The highest BCUT2D eigenvalue weighted by Crippen LogP contribution is 2.59. The summed E-state index contributed by atoms with van der Waals surface area (Å²) in [5.41, 5.74) is 6.87. The van der Waals surface area contributed by atoms with E-state index in [1.165, 1.54) is 33.4 Å². The lowest BCUT2D eigenvalue weighted by Crippen LogP contribution is -2.28. The molecule has 7 rings (SSSR count). The quantitative estimate of drug-likeness (QED) is 0.235. The van der Waals surface area contributed by atoms with Crippen molar-refractivity contribution in [3.05, 3.63) is 142 Å². The lowest BCUT2D eigenvalue weighted by Gasteiger charge is -2.34. The van der Waals surface area contributed by atoms with Gasteiger partial charge in [0.25, 0.3) is 0 Å². The van der Waals surface area contributed by atoms with Gasteiger partial charge in [0.05, 0.1) is 5.41 Å². The Morgan fingerprint density at radius 3 is 1.79 bits per heavy atom. The Bertz CT molecular complexity index is 1520. The van der Waals surface area contributed by atoms with Crippen molar-refractivity contribution in [2.75, 3.05) is 0 Å². The minimum atomic E-state index is -0.454. The van der Waals surface area contributed by atoms with Gasteiger partial charge in [0.2, 0.25) is 0 Å². The van der Waals surface area contributed by atoms with E-state index in [1.807, 2.05) is 18.2 Å². The predicted octanol–water partition coefficient (Wildman–Crippen LogP) is 8.71. The molecule has 0 atom stereocenters. The average molecular weight is 503 g/mol. The topological polar surface area (TPSA) is 18.5 Å². The molecule has 0 N–H and O–H groups in total. The molecule has 0 amide bonds. The first-order valence-corrected chi connectivity index (χ1v) is 12.1. The molecule has 1 heterocycles. The van der Waals surface area contributed by atoms with Crippen molar-refractivity contribution < 1.29 is 9.47 Å². The smallest absolute Gasteiger partial charge is 0.171 e. The molecule has 0 saturated carbocycles. The second-order valence-electron chi connectivity index (χ2n) is 8.67. The number of hydrogen-bond donors (Lipinski definition) is 0. The number of rotatable bonds is 2. The van der Waals surface area contributed by atoms with Crippen LogP contribution >= 0.6 is 15.9 Å². The van der Waals surface area contributed by atoms with Crippen LogP contribution in [0.4, 0.5) is 0 Å². The van der Waals surface area contributed by atoms with Crippen LogP contribution in [0.25, 0.3) is 11.1 Å². The Balaban J connectivity index is 1.56. The van der Waals surface area contributed by atoms with Gasteiger partial charge in [-0.3, -0.25) is 0 Å². The summed E-state index contributed by atoms with van der Waals surface area (Å²) >= 11 is 3.54. The summed E-state index contributed by atoms with van der Waals surface area (Å²) in [4.78, 5) is 0. The van der Waals surface area contributed by atoms with Gasteiger partial charge in [0.1, 0.15) is 0 Å². The van der Waals surface area contributed by atoms with Crippen molar-refractivity contribution in [3.8, 4) is 34.1 Å². The van der Waals surface area contributed by atoms with Gasteiger partial charge in [-0.15, -0.1) is 0 Å². The predicted molar refractivity (Wildman–Crippen MR) is 138 cm³/mol. The summed E-state index contributed by atoms with van der Waals surface area (Å²) in [6, 6.07) is 40.4. The summed E-state index contributed by atoms with van der Waals surface area (Å²) in [5.74, 6) is 2.90. The largest absolute Gasteiger partial charge is 0.449 e. The summed E-state index contributed by atoms with van der Waals surface area (Å²) in [7, 11) is 0. The molecule has 5 aromatic rings. The van der Waals surface area contributed by atoms with Crippen molar-refractivity contribution in [2.45, 2.75) is 5.41 Å². The average Bonchev–Trinajstić information content (AvgIpc) is 3.17. The maximum atomic E-state index is 6.39. The van der Waals surface area contributed by atoms with Crippen LogP contribution in [0.5, 0.6) is 23.0 Å². The van der Waals surface area contributed by atoms with Gasteiger partial charge >= 0.3 is 0 Å². The Kier molecular flexibility index (Phi) is 4.24. The lowest BCUT2D eigenvalue weighted by molar-refractivity contribution is 0.359. The van der Waals surface area contributed by atoms with E-state index in [4.69, 9.17) is 9.47 Å². The molecule has 0 fully saturated rings. The van der Waals surface area contributed by atoms with E-state index in [0.717, 1.165) is 21.7 Å². The van der Waals surface area contributed by atoms with Crippen LogP contribution in [0, 0.1) is 0 Å². The lowest BCUT2D eigenvalue weighted by atomic mass is 9.67. The molecule has 0 aromatic heterocycles. The van der Waals surface area contributed by atoms with E-state index in [1.54, 1.807) is 0 Å². The molecule has 2 aliphatic rings. The Labute approximate surface area is 206 Å². The van der Waals surface area contributed by atoms with E-state index in [9.17, 15) is 0 Å². The van der Waals surface area contributed by atoms with Gasteiger partial charge in [0, 0.05) is 4.47 Å². The molecule has 34 heavy (non-hydrogen) atoms. The highest BCUT2D eigenvalue weighted by molar-refractivity contribution is 9.10. The highest BCUT2D eigenvalue weighted by Gasteiger charge is 2.47. The van der Waals surface area contributed by atoms with Crippen LogP contribution < -0.4 is 9.47 Å². The molecule has 1 aliphatic carbocycles. The first kappa shape index (κ1) is 19.6. The first-order chi connectivity index (χ1) is 16.7. The van der Waals surface area contributed by atoms with E-state index in [0.29, 0.717) is 5.75 Å². The number of hydrogen-bond acceptors (Lipinski definition) is 2. The Hall–Kier alpha value is -3.82. The van der Waals surface area contributed by atoms with E-state index in [2.05, 4.69) is 113 Å². The molecule has 2 nitrogen and oxygen atoms in total. The van der Waals surface area contributed by atoms with Crippen molar-refractivity contribution in [2.24, 2.45) is 0 Å². The molecule has 5 aromatic carbocycles. The minimum absolute atomic E-state index is 0.454. The number of benzene rings is 5. The molecule has 3 heteroatoms. The van der Waals surface area contributed by atoms with E-state index >= 15 is 0 Å². The third-order valence-electron chi connectivity index (χ3n) is 6.87. The van der Waals surface area contributed by atoms with Crippen LogP contribution in [0.15, 0.2) is 120 Å². The zero-order valence-electron chi connectivity index (χ0n) is 18.2. The van der Waals surface area contributed by atoms with Gasteiger partial charge in [-0.05, 0) is 63.7 Å². The Morgan fingerprint density at radius 1 is 0.471 bits per heavy atom. The molecule has 162 valence electrons. The standard InChI is InChI=1S/C31H19BrO2/c32-22-15-16-27-28(17-22)34-30-19-26-24(18-29(30)33-27)23-13-7-8-14-25(23)31(26,20-9-3-1-4-10-20)21-11-5-2-6-12-21/h1-19H. The van der Waals surface area contributed by atoms with E-state index in [-0.39, 0.29) is 0 Å². The fraction of sp³-hybridized carbons (Fsp3) is 0.0323. The zero-order valence-corrected chi connectivity index (χ0v) is 19.8. The molecular formula is C31H19BrO2. The van der Waals surface area contributed by atoms with E-state index < -0.39 is 5.41 Å². The molecule has 1 aliphatic heterocycles. The van der Waals surface area contributed by atoms with Gasteiger partial charge in [-0.1, -0.05) is 101 Å². The van der Waals surface area contributed by atoms with Crippen LogP contribution in [0.1, 0.15) is 22.3 Å². The van der Waals surface area contributed by atoms with Crippen LogP contribution in [-0.4, -0.2) is 0 Å². The number of halogens is 1. The monoisotopic (exact) mass is 502 g/mol. The molecule has 0 radical (unpaired) electrons. The first-order valence-electron chi connectivity index (χ1n) is 11.3. The van der Waals surface area contributed by atoms with Crippen LogP contribution in [0.3, 0.4) is 0 Å². The van der Waals surface area contributed by atoms with Crippen molar-refractivity contribution >= 4 is 15.9 Å². The number of ether oxygens (including phenoxy) is 2. The fourth-order valence-corrected chi connectivity index (χ4v) is 5.83. The van der Waals surface area contributed by atoms with Crippen LogP contribution in [-0.2, 0) is 5.41 Å². The summed E-state index contributed by atoms with van der Waals surface area (Å²) in [6.07, 6.45) is 0. The molecule has 0 bridgehead atoms. The maximum absolute atomic E-state index is 6.39. The minimum Gasteiger partial charge on any atom is -0.449 e. The zero-order chi connectivity index (χ0) is 22.7. The van der Waals surface area contributed by atoms with Gasteiger partial charge in [0.15, 0.2) is 23.0 Å². The van der Waals surface area contributed by atoms with Crippen molar-refractivity contribution in [3.63, 3.8) is 0 Å². The summed E-state index contributed by atoms with van der Waals surface area (Å²) < 4.78 is 13.7. The molecule has 0 saturated heterocycles. The second kappa shape index (κ2) is 7.34.